The molecule has 0 saturated heterocycles. The third-order valence-corrected chi connectivity index (χ3v) is 2.97. The van der Waals surface area contributed by atoms with Crippen LogP contribution >= 0.6 is 0 Å². The fourth-order valence-corrected chi connectivity index (χ4v) is 1.43. The molecule has 0 aromatic carbocycles. The molecule has 148 valence electrons. The fraction of sp³-hybridized carbons (Fsp3) is 1.00. The van der Waals surface area contributed by atoms with Crippen LogP contribution in [0.5, 0.6) is 0 Å². The molecular formula is C7H10N10O10. The third kappa shape index (κ3) is 5.57. The van der Waals surface area contributed by atoms with Gasteiger partial charge in [-0.1, -0.05) is 10.2 Å². The zero-order valence-electron chi connectivity index (χ0n) is 13.1. The molecule has 0 fully saturated rings. The largest absolute Gasteiger partial charge is 0.486 e. The minimum atomic E-state index is -3.05. The number of rotatable bonds is 14. The minimum absolute atomic E-state index is 1.06. The van der Waals surface area contributed by atoms with Gasteiger partial charge < -0.3 is 9.47 Å². The lowest BCUT2D eigenvalue weighted by Crippen LogP contribution is -2.54. The Morgan fingerprint density at radius 1 is 0.741 bits per heavy atom. The monoisotopic (exact) mass is 394 g/mol. The van der Waals surface area contributed by atoms with E-state index in [0.29, 0.717) is 0 Å². The molecule has 0 N–H and O–H groups in total. The summed E-state index contributed by atoms with van der Waals surface area (Å²) < 4.78 is 9.08. The van der Waals surface area contributed by atoms with Crippen molar-refractivity contribution in [2.75, 3.05) is 33.1 Å². The molecule has 0 rings (SSSR count). The topological polar surface area (TPSA) is 289 Å². The summed E-state index contributed by atoms with van der Waals surface area (Å²) in [6.07, 6.45) is 0. The van der Waals surface area contributed by atoms with Crippen molar-refractivity contribution in [1.29, 1.82) is 0 Å². The first kappa shape index (κ1) is 23.1. The van der Waals surface area contributed by atoms with Crippen LogP contribution in [0.25, 0.3) is 20.9 Å². The second kappa shape index (κ2) is 10.2. The molecular weight excluding hydrogens is 384 g/mol. The maximum absolute atomic E-state index is 10.9. The molecule has 20 nitrogen and oxygen atoms in total. The van der Waals surface area contributed by atoms with Gasteiger partial charge in [0.1, 0.15) is 26.5 Å². The molecule has 0 unspecified atom stereocenters. The Bertz CT molecular complexity index is 610. The molecule has 0 radical (unpaired) electrons. The average molecular weight is 394 g/mol. The van der Waals surface area contributed by atoms with Crippen molar-refractivity contribution in [2.24, 2.45) is 10.2 Å². The Morgan fingerprint density at radius 3 is 1.26 bits per heavy atom. The molecule has 0 aliphatic carbocycles. The maximum Gasteiger partial charge on any atom is 0.486 e. The van der Waals surface area contributed by atoms with Crippen LogP contribution in [-0.4, -0.2) is 64.1 Å². The van der Waals surface area contributed by atoms with E-state index in [4.69, 9.17) is 11.1 Å². The summed E-state index contributed by atoms with van der Waals surface area (Å²) in [5.74, 6) is 0. The Morgan fingerprint density at radius 2 is 1.04 bits per heavy atom. The second-order valence-electron chi connectivity index (χ2n) is 4.59. The van der Waals surface area contributed by atoms with E-state index in [1.54, 1.807) is 0 Å². The number of hydrogen-bond donors (Lipinski definition) is 0. The predicted molar refractivity (Wildman–Crippen MR) is 78.2 cm³/mol. The summed E-state index contributed by atoms with van der Waals surface area (Å²) >= 11 is 0. The Labute approximate surface area is 146 Å². The van der Waals surface area contributed by atoms with E-state index in [-0.39, 0.29) is 0 Å². The van der Waals surface area contributed by atoms with E-state index in [2.05, 4.69) is 29.5 Å². The quantitative estimate of drug-likeness (QED) is 0.0727. The van der Waals surface area contributed by atoms with Crippen LogP contribution in [0.1, 0.15) is 0 Å². The number of nitro groups is 4. The molecule has 0 aliphatic heterocycles. The van der Waals surface area contributed by atoms with Crippen molar-refractivity contribution in [3.05, 3.63) is 61.3 Å². The summed E-state index contributed by atoms with van der Waals surface area (Å²) in [5.41, 5.74) is 10.2. The lowest BCUT2D eigenvalue weighted by molar-refractivity contribution is -0.797. The van der Waals surface area contributed by atoms with Gasteiger partial charge in [0.05, 0.1) is 0 Å². The molecule has 0 aliphatic rings. The first-order valence-electron chi connectivity index (χ1n) is 6.36. The molecule has 0 heterocycles. The first-order chi connectivity index (χ1) is 12.6. The molecule has 0 aromatic rings. The number of ether oxygens (including phenoxy) is 2. The van der Waals surface area contributed by atoms with Crippen LogP contribution < -0.4 is 0 Å². The van der Waals surface area contributed by atoms with Crippen LogP contribution in [0.3, 0.4) is 0 Å². The van der Waals surface area contributed by atoms with Gasteiger partial charge in [0, 0.05) is 9.82 Å². The molecule has 0 spiro atoms. The summed E-state index contributed by atoms with van der Waals surface area (Å²) in [5, 5.41) is 49.2. The highest BCUT2D eigenvalue weighted by Gasteiger charge is 2.57. The van der Waals surface area contributed by atoms with Crippen LogP contribution in [0, 0.1) is 40.5 Å². The highest BCUT2D eigenvalue weighted by molar-refractivity contribution is 4.72. The normalized spacial score (nSPS) is 11.0. The lowest BCUT2D eigenvalue weighted by Gasteiger charge is -2.17. The summed E-state index contributed by atoms with van der Waals surface area (Å²) in [6, 6.07) is 0. The van der Waals surface area contributed by atoms with Crippen molar-refractivity contribution in [2.45, 2.75) is 11.3 Å². The van der Waals surface area contributed by atoms with Crippen molar-refractivity contribution in [3.8, 4) is 0 Å². The SMILES string of the molecule is [N-]=[N+]=NCC(COCOCC(CN=[N+]=[N-])([N+](=O)[O-])[N+](=O)[O-])([N+](=O)[O-])[N+](=O)[O-]. The van der Waals surface area contributed by atoms with Gasteiger partial charge in [0.15, 0.2) is 26.3 Å². The van der Waals surface area contributed by atoms with Gasteiger partial charge >= 0.3 is 11.3 Å². The van der Waals surface area contributed by atoms with Crippen molar-refractivity contribution in [3.63, 3.8) is 0 Å². The van der Waals surface area contributed by atoms with E-state index in [9.17, 15) is 40.5 Å². The number of nitrogens with zero attached hydrogens (tertiary/aromatic N) is 10. The molecule has 27 heavy (non-hydrogen) atoms. The molecule has 0 atom stereocenters. The zero-order chi connectivity index (χ0) is 21.1. The first-order valence-corrected chi connectivity index (χ1v) is 6.36. The Hall–Kier alpha value is -3.86. The molecule has 0 aromatic heterocycles. The van der Waals surface area contributed by atoms with E-state index in [1.165, 1.54) is 0 Å². The molecule has 0 amide bonds. The third-order valence-electron chi connectivity index (χ3n) is 2.97. The van der Waals surface area contributed by atoms with E-state index >= 15 is 0 Å². The average Bonchev–Trinajstić information content (AvgIpc) is 2.58. The van der Waals surface area contributed by atoms with Gasteiger partial charge in [-0.05, 0) is 11.1 Å². The Kier molecular flexibility index (Phi) is 8.74. The van der Waals surface area contributed by atoms with Gasteiger partial charge in [-0.3, -0.25) is 40.5 Å². The van der Waals surface area contributed by atoms with Gasteiger partial charge in [-0.15, -0.1) is 0 Å². The smallest absolute Gasteiger partial charge is 0.340 e. The van der Waals surface area contributed by atoms with Crippen LogP contribution in [0.15, 0.2) is 10.2 Å². The van der Waals surface area contributed by atoms with Gasteiger partial charge in [-0.25, -0.2) is 0 Å². The lowest BCUT2D eigenvalue weighted by atomic mass is 10.2. The van der Waals surface area contributed by atoms with Gasteiger partial charge in [-0.2, -0.15) is 0 Å². The summed E-state index contributed by atoms with van der Waals surface area (Å²) in [7, 11) is 0. The Balaban J connectivity index is 5.06. The highest BCUT2D eigenvalue weighted by atomic mass is 16.7. The molecule has 20 heteroatoms. The minimum Gasteiger partial charge on any atom is -0.340 e. The zero-order valence-corrected chi connectivity index (χ0v) is 13.1. The summed E-state index contributed by atoms with van der Waals surface area (Å²) in [4.78, 5) is 42.5. The van der Waals surface area contributed by atoms with E-state index in [0.717, 1.165) is 0 Å². The van der Waals surface area contributed by atoms with E-state index in [1.807, 2.05) is 0 Å². The van der Waals surface area contributed by atoms with E-state index < -0.39 is 64.1 Å². The fourth-order valence-electron chi connectivity index (χ4n) is 1.43. The van der Waals surface area contributed by atoms with Crippen LogP contribution in [0.4, 0.5) is 0 Å². The maximum atomic E-state index is 10.9. The predicted octanol–water partition coefficient (Wildman–Crippen LogP) is 0.0971. The second-order valence-corrected chi connectivity index (χ2v) is 4.59. The number of hydrogen-bond acceptors (Lipinski definition) is 12. The van der Waals surface area contributed by atoms with Gasteiger partial charge in [0.2, 0.25) is 0 Å². The standard InChI is InChI=1S/C7H10N10O10/c8-12-10-1-6(14(18)19,15(20)21)3-26-5-27-4-7(16(22)23,17(24)25)2-11-13-9/h1-5H2. The van der Waals surface area contributed by atoms with Gasteiger partial charge in [0.25, 0.3) is 0 Å². The van der Waals surface area contributed by atoms with Crippen LogP contribution in [0.2, 0.25) is 0 Å². The van der Waals surface area contributed by atoms with Crippen molar-refractivity contribution >= 4 is 0 Å². The van der Waals surface area contributed by atoms with Crippen molar-refractivity contribution in [1.82, 2.24) is 0 Å². The molecule has 0 saturated carbocycles. The van der Waals surface area contributed by atoms with Crippen molar-refractivity contribution < 1.29 is 29.2 Å². The number of azide groups is 2. The highest BCUT2D eigenvalue weighted by Crippen LogP contribution is 2.15. The van der Waals surface area contributed by atoms with Crippen LogP contribution in [-0.2, 0) is 9.47 Å². The molecule has 0 bridgehead atoms. The summed E-state index contributed by atoms with van der Waals surface area (Å²) in [6.45, 7) is -6.03.